The van der Waals surface area contributed by atoms with E-state index in [-0.39, 0.29) is 23.2 Å². The Morgan fingerprint density at radius 2 is 1.97 bits per heavy atom. The van der Waals surface area contributed by atoms with Gasteiger partial charge in [-0.25, -0.2) is 10.2 Å². The third kappa shape index (κ3) is 4.76. The fourth-order valence-corrected chi connectivity index (χ4v) is 2.86. The van der Waals surface area contributed by atoms with Gasteiger partial charge in [0.25, 0.3) is 5.69 Å². The number of hydrogen-bond acceptors (Lipinski definition) is 6. The van der Waals surface area contributed by atoms with Crippen molar-refractivity contribution in [1.29, 1.82) is 0 Å². The van der Waals surface area contributed by atoms with Gasteiger partial charge in [-0.15, -0.1) is 0 Å². The second-order valence-electron chi connectivity index (χ2n) is 6.39. The first-order chi connectivity index (χ1) is 14.3. The fraction of sp³-hybridized carbons (Fsp3) is 0.0952. The first-order valence-corrected chi connectivity index (χ1v) is 8.83. The molecule has 0 atom stereocenters. The maximum Gasteiger partial charge on any atom is 0.335 e. The van der Waals surface area contributed by atoms with E-state index in [1.165, 1.54) is 30.5 Å². The lowest BCUT2D eigenvalue weighted by molar-refractivity contribution is -0.385. The summed E-state index contributed by atoms with van der Waals surface area (Å²) in [5.41, 5.74) is 4.13. The summed E-state index contributed by atoms with van der Waals surface area (Å²) in [6, 6.07) is 14.1. The summed E-state index contributed by atoms with van der Waals surface area (Å²) in [5.74, 6) is -0.615. The lowest BCUT2D eigenvalue weighted by atomic mass is 10.0. The minimum atomic E-state index is -1.01. The Hall–Kier alpha value is -4.27. The van der Waals surface area contributed by atoms with E-state index in [0.29, 0.717) is 11.5 Å². The molecule has 0 saturated heterocycles. The van der Waals surface area contributed by atoms with Crippen LogP contribution < -0.4 is 5.43 Å². The van der Waals surface area contributed by atoms with Crippen LogP contribution in [0.5, 0.6) is 0 Å². The van der Waals surface area contributed by atoms with E-state index in [1.807, 2.05) is 0 Å². The summed E-state index contributed by atoms with van der Waals surface area (Å²) in [5, 5.41) is 23.9. The SMILES string of the molecule is Cc1cc(C(=O)O)ccc1-c1ccc(C=NNC(=O)Cc2ccccc2[N+](=O)[O-])o1. The number of aryl methyl sites for hydroxylation is 1. The molecule has 1 amide bonds. The van der Waals surface area contributed by atoms with Gasteiger partial charge in [0.15, 0.2) is 0 Å². The van der Waals surface area contributed by atoms with Crippen molar-refractivity contribution in [2.24, 2.45) is 5.10 Å². The zero-order valence-electron chi connectivity index (χ0n) is 15.9. The number of carbonyl (C=O) groups excluding carboxylic acids is 1. The fourth-order valence-electron chi connectivity index (χ4n) is 2.86. The van der Waals surface area contributed by atoms with Gasteiger partial charge in [0, 0.05) is 17.2 Å². The van der Waals surface area contributed by atoms with Gasteiger partial charge in [0.1, 0.15) is 11.5 Å². The summed E-state index contributed by atoms with van der Waals surface area (Å²) in [7, 11) is 0. The summed E-state index contributed by atoms with van der Waals surface area (Å²) in [6.45, 7) is 1.78. The number of nitrogens with one attached hydrogen (secondary N) is 1. The Labute approximate surface area is 170 Å². The van der Waals surface area contributed by atoms with Gasteiger partial charge in [0.2, 0.25) is 5.91 Å². The van der Waals surface area contributed by atoms with Crippen molar-refractivity contribution >= 4 is 23.8 Å². The van der Waals surface area contributed by atoms with Crippen molar-refractivity contribution in [3.05, 3.63) is 87.2 Å². The number of aromatic carboxylic acids is 1. The van der Waals surface area contributed by atoms with E-state index in [2.05, 4.69) is 10.5 Å². The van der Waals surface area contributed by atoms with Gasteiger partial charge in [-0.2, -0.15) is 5.10 Å². The molecule has 3 aromatic rings. The standard InChI is InChI=1S/C21H17N3O6/c1-13-10-15(21(26)27)6-8-17(13)19-9-7-16(30-19)12-22-23-20(25)11-14-4-2-3-5-18(14)24(28)29/h2-10,12H,11H2,1H3,(H,23,25)(H,26,27). The number of benzene rings is 2. The van der Waals surface area contributed by atoms with Crippen LogP contribution in [0.3, 0.4) is 0 Å². The number of amides is 1. The summed E-state index contributed by atoms with van der Waals surface area (Å²) >= 11 is 0. The smallest absolute Gasteiger partial charge is 0.335 e. The molecule has 2 N–H and O–H groups in total. The molecule has 2 aromatic carbocycles. The molecule has 0 aliphatic carbocycles. The Balaban J connectivity index is 1.64. The van der Waals surface area contributed by atoms with Crippen LogP contribution >= 0.6 is 0 Å². The van der Waals surface area contributed by atoms with Gasteiger partial charge >= 0.3 is 5.97 Å². The van der Waals surface area contributed by atoms with Gasteiger partial charge in [-0.05, 0) is 36.8 Å². The molecule has 0 fully saturated rings. The molecule has 30 heavy (non-hydrogen) atoms. The molecule has 0 aliphatic heterocycles. The highest BCUT2D eigenvalue weighted by molar-refractivity contribution is 5.89. The molecular weight excluding hydrogens is 390 g/mol. The molecule has 152 valence electrons. The molecule has 0 aliphatic rings. The van der Waals surface area contributed by atoms with E-state index in [4.69, 9.17) is 9.52 Å². The monoisotopic (exact) mass is 407 g/mol. The Bertz CT molecular complexity index is 1150. The van der Waals surface area contributed by atoms with Gasteiger partial charge in [0.05, 0.1) is 23.1 Å². The predicted octanol–water partition coefficient (Wildman–Crippen LogP) is 3.55. The number of nitro groups is 1. The summed E-state index contributed by atoms with van der Waals surface area (Å²) < 4.78 is 5.66. The second-order valence-corrected chi connectivity index (χ2v) is 6.39. The van der Waals surface area contributed by atoms with Crippen molar-refractivity contribution in [2.45, 2.75) is 13.3 Å². The third-order valence-corrected chi connectivity index (χ3v) is 4.29. The predicted molar refractivity (Wildman–Crippen MR) is 108 cm³/mol. The van der Waals surface area contributed by atoms with Gasteiger partial charge < -0.3 is 9.52 Å². The molecule has 0 saturated carbocycles. The highest BCUT2D eigenvalue weighted by Gasteiger charge is 2.15. The number of nitro benzene ring substituents is 1. The van der Waals surface area contributed by atoms with E-state index >= 15 is 0 Å². The number of hydrogen-bond donors (Lipinski definition) is 2. The molecule has 9 heteroatoms. The average molecular weight is 407 g/mol. The minimum absolute atomic E-state index is 0.128. The zero-order valence-corrected chi connectivity index (χ0v) is 15.9. The number of carbonyl (C=O) groups is 2. The highest BCUT2D eigenvalue weighted by Crippen LogP contribution is 2.26. The normalized spacial score (nSPS) is 10.8. The first kappa shape index (κ1) is 20.5. The van der Waals surface area contributed by atoms with Crippen LogP contribution in [-0.4, -0.2) is 28.1 Å². The number of carboxylic acids is 1. The number of hydrazone groups is 1. The van der Waals surface area contributed by atoms with Crippen LogP contribution in [-0.2, 0) is 11.2 Å². The molecule has 0 bridgehead atoms. The van der Waals surface area contributed by atoms with Crippen LogP contribution in [0.1, 0.15) is 27.2 Å². The van der Waals surface area contributed by atoms with Crippen LogP contribution in [0.2, 0.25) is 0 Å². The first-order valence-electron chi connectivity index (χ1n) is 8.83. The lowest BCUT2D eigenvalue weighted by Crippen LogP contribution is -2.20. The molecule has 3 rings (SSSR count). The van der Waals surface area contributed by atoms with Crippen molar-refractivity contribution in [3.63, 3.8) is 0 Å². The highest BCUT2D eigenvalue weighted by atomic mass is 16.6. The van der Waals surface area contributed by atoms with E-state index in [9.17, 15) is 19.7 Å². The number of para-hydroxylation sites is 1. The maximum absolute atomic E-state index is 12.0. The topological polar surface area (TPSA) is 135 Å². The van der Waals surface area contributed by atoms with Crippen LogP contribution in [0.25, 0.3) is 11.3 Å². The molecule has 0 radical (unpaired) electrons. The van der Waals surface area contributed by atoms with Crippen LogP contribution in [0.4, 0.5) is 5.69 Å². The quantitative estimate of drug-likeness (QED) is 0.349. The Morgan fingerprint density at radius 3 is 2.67 bits per heavy atom. The van der Waals surface area contributed by atoms with Crippen molar-refractivity contribution in [2.75, 3.05) is 0 Å². The van der Waals surface area contributed by atoms with Crippen molar-refractivity contribution < 1.29 is 24.0 Å². The molecule has 1 heterocycles. The van der Waals surface area contributed by atoms with Crippen LogP contribution in [0, 0.1) is 17.0 Å². The molecule has 0 spiro atoms. The van der Waals surface area contributed by atoms with E-state index in [1.54, 1.807) is 37.3 Å². The average Bonchev–Trinajstić information content (AvgIpc) is 3.16. The van der Waals surface area contributed by atoms with E-state index in [0.717, 1.165) is 11.1 Å². The summed E-state index contributed by atoms with van der Waals surface area (Å²) in [6.07, 6.45) is 1.12. The molecule has 0 unspecified atom stereocenters. The van der Waals surface area contributed by atoms with Gasteiger partial charge in [-0.1, -0.05) is 24.3 Å². The van der Waals surface area contributed by atoms with Crippen LogP contribution in [0.15, 0.2) is 64.1 Å². The third-order valence-electron chi connectivity index (χ3n) is 4.29. The van der Waals surface area contributed by atoms with Crippen molar-refractivity contribution in [1.82, 2.24) is 5.43 Å². The van der Waals surface area contributed by atoms with Gasteiger partial charge in [-0.3, -0.25) is 14.9 Å². The Kier molecular flexibility index (Phi) is 6.02. The Morgan fingerprint density at radius 1 is 1.20 bits per heavy atom. The number of rotatable bonds is 7. The maximum atomic E-state index is 12.0. The second kappa shape index (κ2) is 8.82. The number of furan rings is 1. The number of nitrogens with zero attached hydrogens (tertiary/aromatic N) is 2. The van der Waals surface area contributed by atoms with E-state index < -0.39 is 16.8 Å². The lowest BCUT2D eigenvalue weighted by Gasteiger charge is -2.04. The molecule has 9 nitrogen and oxygen atoms in total. The molecular formula is C21H17N3O6. The number of carboxylic acid groups (broad SMARTS) is 1. The summed E-state index contributed by atoms with van der Waals surface area (Å²) in [4.78, 5) is 33.5. The van der Waals surface area contributed by atoms with Crippen molar-refractivity contribution in [3.8, 4) is 11.3 Å². The zero-order chi connectivity index (χ0) is 21.7. The molecule has 1 aromatic heterocycles. The largest absolute Gasteiger partial charge is 0.478 e. The minimum Gasteiger partial charge on any atom is -0.478 e.